The highest BCUT2D eigenvalue weighted by molar-refractivity contribution is 5.87. The van der Waals surface area contributed by atoms with E-state index in [1.807, 2.05) is 23.1 Å². The standard InChI is InChI=1S/C17H24N4O2.ClH/c18-9-13-10-20(11-14(13)12-5-2-1-3-6-12)16(22)15-7-4-8-21(15)17(19)23;/h1-3,5-6,13-15H,4,7-11,18H2,(H2,19,23);1H/t13-,14+,15+;/m1./s1. The number of nitrogens with two attached hydrogens (primary N) is 2. The Bertz CT molecular complexity index is 583. The Balaban J connectivity index is 0.00000208. The van der Waals surface area contributed by atoms with E-state index in [1.54, 1.807) is 0 Å². The summed E-state index contributed by atoms with van der Waals surface area (Å²) in [6, 6.07) is 9.29. The quantitative estimate of drug-likeness (QED) is 0.854. The summed E-state index contributed by atoms with van der Waals surface area (Å²) in [5, 5.41) is 0. The van der Waals surface area contributed by atoms with Crippen molar-refractivity contribution in [2.24, 2.45) is 17.4 Å². The number of primary amides is 1. The minimum Gasteiger partial charge on any atom is -0.351 e. The number of nitrogens with zero attached hydrogens (tertiary/aromatic N) is 2. The number of hydrogen-bond donors (Lipinski definition) is 2. The van der Waals surface area contributed by atoms with E-state index in [0.717, 1.165) is 6.42 Å². The van der Waals surface area contributed by atoms with Crippen molar-refractivity contribution in [3.8, 4) is 0 Å². The Morgan fingerprint density at radius 2 is 1.88 bits per heavy atom. The summed E-state index contributed by atoms with van der Waals surface area (Å²) in [4.78, 5) is 27.7. The Labute approximate surface area is 148 Å². The monoisotopic (exact) mass is 352 g/mol. The second-order valence-corrected chi connectivity index (χ2v) is 6.45. The minimum atomic E-state index is -0.505. The molecule has 7 heteroatoms. The molecule has 0 aliphatic carbocycles. The highest BCUT2D eigenvalue weighted by Crippen LogP contribution is 2.33. The summed E-state index contributed by atoms with van der Waals surface area (Å²) >= 11 is 0. The van der Waals surface area contributed by atoms with Crippen molar-refractivity contribution in [1.29, 1.82) is 0 Å². The Morgan fingerprint density at radius 1 is 1.17 bits per heavy atom. The van der Waals surface area contributed by atoms with Crippen LogP contribution in [0.25, 0.3) is 0 Å². The maximum absolute atomic E-state index is 12.8. The third-order valence-corrected chi connectivity index (χ3v) is 5.10. The van der Waals surface area contributed by atoms with Crippen LogP contribution in [0, 0.1) is 5.92 Å². The molecule has 0 unspecified atom stereocenters. The fraction of sp³-hybridized carbons (Fsp3) is 0.529. The van der Waals surface area contributed by atoms with Gasteiger partial charge < -0.3 is 21.3 Å². The van der Waals surface area contributed by atoms with Gasteiger partial charge in [0.15, 0.2) is 0 Å². The largest absolute Gasteiger partial charge is 0.351 e. The van der Waals surface area contributed by atoms with E-state index in [4.69, 9.17) is 11.5 Å². The molecule has 132 valence electrons. The fourth-order valence-electron chi connectivity index (χ4n) is 3.87. The van der Waals surface area contributed by atoms with Crippen LogP contribution >= 0.6 is 12.4 Å². The maximum Gasteiger partial charge on any atom is 0.315 e. The highest BCUT2D eigenvalue weighted by Gasteiger charge is 2.41. The van der Waals surface area contributed by atoms with Crippen molar-refractivity contribution < 1.29 is 9.59 Å². The zero-order chi connectivity index (χ0) is 16.4. The number of rotatable bonds is 3. The van der Waals surface area contributed by atoms with E-state index in [9.17, 15) is 9.59 Å². The average Bonchev–Trinajstić information content (AvgIpc) is 3.22. The van der Waals surface area contributed by atoms with Crippen LogP contribution in [0.4, 0.5) is 4.79 Å². The molecule has 3 rings (SSSR count). The molecule has 24 heavy (non-hydrogen) atoms. The van der Waals surface area contributed by atoms with Gasteiger partial charge in [-0.05, 0) is 30.9 Å². The molecule has 6 nitrogen and oxygen atoms in total. The zero-order valence-electron chi connectivity index (χ0n) is 13.6. The second kappa shape index (κ2) is 7.85. The number of carbonyl (C=O) groups excluding carboxylic acids is 2. The van der Waals surface area contributed by atoms with Crippen LogP contribution < -0.4 is 11.5 Å². The SMILES string of the molecule is Cl.NC[C@@H]1CN(C(=O)[C@@H]2CCCN2C(N)=O)C[C@H]1c1ccccc1. The van der Waals surface area contributed by atoms with Crippen LogP contribution in [0.1, 0.15) is 24.3 Å². The molecule has 2 saturated heterocycles. The van der Waals surface area contributed by atoms with Gasteiger partial charge in [0.1, 0.15) is 6.04 Å². The van der Waals surface area contributed by atoms with E-state index in [1.165, 1.54) is 10.5 Å². The van der Waals surface area contributed by atoms with Gasteiger partial charge in [0.25, 0.3) is 0 Å². The first-order valence-electron chi connectivity index (χ1n) is 8.21. The summed E-state index contributed by atoms with van der Waals surface area (Å²) in [5.74, 6) is 0.525. The smallest absolute Gasteiger partial charge is 0.315 e. The molecule has 1 aromatic carbocycles. The summed E-state index contributed by atoms with van der Waals surface area (Å²) < 4.78 is 0. The minimum absolute atomic E-state index is 0. The predicted molar refractivity (Wildman–Crippen MR) is 94.9 cm³/mol. The fourth-order valence-corrected chi connectivity index (χ4v) is 3.87. The number of urea groups is 1. The number of amides is 3. The molecule has 3 atom stereocenters. The van der Waals surface area contributed by atoms with Gasteiger partial charge in [0, 0.05) is 25.6 Å². The van der Waals surface area contributed by atoms with Crippen LogP contribution in [-0.2, 0) is 4.79 Å². The van der Waals surface area contributed by atoms with Gasteiger partial charge >= 0.3 is 6.03 Å². The number of hydrogen-bond acceptors (Lipinski definition) is 3. The molecule has 0 bridgehead atoms. The highest BCUT2D eigenvalue weighted by atomic mass is 35.5. The van der Waals surface area contributed by atoms with Crippen LogP contribution in [0.2, 0.25) is 0 Å². The molecular weight excluding hydrogens is 328 g/mol. The molecular formula is C17H25ClN4O2. The van der Waals surface area contributed by atoms with Crippen LogP contribution in [0.5, 0.6) is 0 Å². The molecule has 2 fully saturated rings. The van der Waals surface area contributed by atoms with E-state index >= 15 is 0 Å². The van der Waals surface area contributed by atoms with Crippen molar-refractivity contribution in [2.75, 3.05) is 26.2 Å². The van der Waals surface area contributed by atoms with Crippen molar-refractivity contribution in [3.05, 3.63) is 35.9 Å². The second-order valence-electron chi connectivity index (χ2n) is 6.45. The number of likely N-dealkylation sites (tertiary alicyclic amines) is 2. The lowest BCUT2D eigenvalue weighted by Gasteiger charge is -2.26. The normalized spacial score (nSPS) is 26.3. The predicted octanol–water partition coefficient (Wildman–Crippen LogP) is 1.15. The van der Waals surface area contributed by atoms with Gasteiger partial charge in [-0.1, -0.05) is 30.3 Å². The summed E-state index contributed by atoms with van der Waals surface area (Å²) in [5.41, 5.74) is 12.5. The van der Waals surface area contributed by atoms with E-state index in [2.05, 4.69) is 12.1 Å². The first-order chi connectivity index (χ1) is 11.1. The van der Waals surface area contributed by atoms with Crippen LogP contribution in [0.3, 0.4) is 0 Å². The van der Waals surface area contributed by atoms with E-state index in [0.29, 0.717) is 32.6 Å². The molecule has 0 aromatic heterocycles. The third kappa shape index (κ3) is 3.49. The third-order valence-electron chi connectivity index (χ3n) is 5.10. The number of carbonyl (C=O) groups is 2. The number of halogens is 1. The molecule has 0 saturated carbocycles. The van der Waals surface area contributed by atoms with Crippen molar-refractivity contribution in [2.45, 2.75) is 24.8 Å². The molecule has 4 N–H and O–H groups in total. The molecule has 2 aliphatic heterocycles. The Hall–Kier alpha value is -1.79. The Morgan fingerprint density at radius 3 is 2.50 bits per heavy atom. The average molecular weight is 353 g/mol. The first kappa shape index (κ1) is 18.5. The lowest BCUT2D eigenvalue weighted by atomic mass is 9.89. The van der Waals surface area contributed by atoms with Gasteiger partial charge in [-0.25, -0.2) is 4.79 Å². The van der Waals surface area contributed by atoms with Gasteiger partial charge in [-0.15, -0.1) is 12.4 Å². The van der Waals surface area contributed by atoms with Crippen molar-refractivity contribution >= 4 is 24.3 Å². The first-order valence-corrected chi connectivity index (χ1v) is 8.21. The van der Waals surface area contributed by atoms with Gasteiger partial charge in [0.2, 0.25) is 5.91 Å². The molecule has 0 spiro atoms. The zero-order valence-corrected chi connectivity index (χ0v) is 14.5. The molecule has 1 aromatic rings. The van der Waals surface area contributed by atoms with Crippen LogP contribution in [0.15, 0.2) is 30.3 Å². The molecule has 2 heterocycles. The summed E-state index contributed by atoms with van der Waals surface area (Å²) in [6.45, 7) is 2.43. The van der Waals surface area contributed by atoms with Crippen LogP contribution in [-0.4, -0.2) is 54.0 Å². The van der Waals surface area contributed by atoms with Gasteiger partial charge in [0.05, 0.1) is 0 Å². The van der Waals surface area contributed by atoms with Crippen molar-refractivity contribution in [3.63, 3.8) is 0 Å². The maximum atomic E-state index is 12.8. The summed E-state index contributed by atoms with van der Waals surface area (Å²) in [6.07, 6.45) is 1.52. The summed E-state index contributed by atoms with van der Waals surface area (Å²) in [7, 11) is 0. The van der Waals surface area contributed by atoms with E-state index < -0.39 is 12.1 Å². The lowest BCUT2D eigenvalue weighted by Crippen LogP contribution is -2.49. The topological polar surface area (TPSA) is 92.7 Å². The lowest BCUT2D eigenvalue weighted by molar-refractivity contribution is -0.134. The number of benzene rings is 1. The van der Waals surface area contributed by atoms with Crippen molar-refractivity contribution in [1.82, 2.24) is 9.80 Å². The molecule has 3 amide bonds. The Kier molecular flexibility index (Phi) is 6.07. The molecule has 0 radical (unpaired) electrons. The van der Waals surface area contributed by atoms with Gasteiger partial charge in [-0.2, -0.15) is 0 Å². The van der Waals surface area contributed by atoms with E-state index in [-0.39, 0.29) is 30.2 Å². The van der Waals surface area contributed by atoms with Gasteiger partial charge in [-0.3, -0.25) is 4.79 Å². The molecule has 2 aliphatic rings.